The minimum absolute atomic E-state index is 0.133. The summed E-state index contributed by atoms with van der Waals surface area (Å²) in [5, 5.41) is 0. The highest BCUT2D eigenvalue weighted by Gasteiger charge is 2.30. The predicted molar refractivity (Wildman–Crippen MR) is 107 cm³/mol. The molecule has 2 rings (SSSR count). The Balaban J connectivity index is 2.39. The first-order valence-electron chi connectivity index (χ1n) is 8.12. The number of hydrogen-bond acceptors (Lipinski definition) is 5. The number of esters is 2. The van der Waals surface area contributed by atoms with E-state index in [0.717, 1.165) is 10.0 Å². The number of methoxy groups -OCH3 is 2. The third-order valence-corrected chi connectivity index (χ3v) is 6.56. The SMILES string of the molecule is COC(=O)C(CCn1c(Br)c(Br)c(C)c1C(=O)c1ccccc1)C(=O)OC. The average Bonchev–Trinajstić information content (AvgIpc) is 2.91. The van der Waals surface area contributed by atoms with E-state index < -0.39 is 17.9 Å². The fourth-order valence-electron chi connectivity index (χ4n) is 2.78. The largest absolute Gasteiger partial charge is 0.468 e. The molecule has 0 aliphatic rings. The first kappa shape index (κ1) is 21.4. The molecule has 0 N–H and O–H groups in total. The molecule has 8 heteroatoms. The summed E-state index contributed by atoms with van der Waals surface area (Å²) >= 11 is 6.96. The van der Waals surface area contributed by atoms with E-state index in [-0.39, 0.29) is 18.7 Å². The standard InChI is InChI=1S/C19H19Br2NO5/c1-11-14(20)17(21)22(10-9-13(18(24)26-2)19(25)27-3)15(11)16(23)12-7-5-4-6-8-12/h4-8,13H,9-10H2,1-3H3. The van der Waals surface area contributed by atoms with Crippen LogP contribution in [0.2, 0.25) is 0 Å². The molecule has 0 fully saturated rings. The number of rotatable bonds is 7. The molecule has 0 aliphatic carbocycles. The minimum atomic E-state index is -1.06. The van der Waals surface area contributed by atoms with Crippen LogP contribution < -0.4 is 0 Å². The van der Waals surface area contributed by atoms with Gasteiger partial charge >= 0.3 is 11.9 Å². The third kappa shape index (κ3) is 4.50. The van der Waals surface area contributed by atoms with Crippen molar-refractivity contribution in [1.29, 1.82) is 0 Å². The van der Waals surface area contributed by atoms with E-state index >= 15 is 0 Å². The number of ketones is 1. The summed E-state index contributed by atoms with van der Waals surface area (Å²) in [4.78, 5) is 36.9. The number of carbonyl (C=O) groups is 3. The van der Waals surface area contributed by atoms with E-state index in [1.54, 1.807) is 28.8 Å². The Hall–Kier alpha value is -1.93. The van der Waals surface area contributed by atoms with Crippen LogP contribution in [-0.4, -0.2) is 36.5 Å². The molecule has 0 aliphatic heterocycles. The van der Waals surface area contributed by atoms with Crippen LogP contribution in [0.4, 0.5) is 0 Å². The molecule has 1 aromatic carbocycles. The molecular weight excluding hydrogens is 482 g/mol. The molecule has 1 aromatic heterocycles. The highest BCUT2D eigenvalue weighted by Crippen LogP contribution is 2.34. The fourth-order valence-corrected chi connectivity index (χ4v) is 3.84. The summed E-state index contributed by atoms with van der Waals surface area (Å²) < 4.78 is 12.5. The molecule has 0 amide bonds. The maximum atomic E-state index is 13.0. The molecule has 27 heavy (non-hydrogen) atoms. The summed E-state index contributed by atoms with van der Waals surface area (Å²) in [5.74, 6) is -2.55. The zero-order valence-corrected chi connectivity index (χ0v) is 18.3. The Morgan fingerprint density at radius 3 is 2.11 bits per heavy atom. The van der Waals surface area contributed by atoms with E-state index in [9.17, 15) is 14.4 Å². The van der Waals surface area contributed by atoms with Crippen molar-refractivity contribution in [2.45, 2.75) is 19.9 Å². The summed E-state index contributed by atoms with van der Waals surface area (Å²) in [6.45, 7) is 2.08. The number of halogens is 2. The molecule has 2 aromatic rings. The molecule has 144 valence electrons. The molecule has 0 atom stereocenters. The van der Waals surface area contributed by atoms with E-state index in [1.165, 1.54) is 14.2 Å². The van der Waals surface area contributed by atoms with Crippen molar-refractivity contribution < 1.29 is 23.9 Å². The quantitative estimate of drug-likeness (QED) is 0.327. The lowest BCUT2D eigenvalue weighted by molar-refractivity contribution is -0.159. The van der Waals surface area contributed by atoms with Crippen molar-refractivity contribution in [3.8, 4) is 0 Å². The van der Waals surface area contributed by atoms with Crippen LogP contribution in [0.1, 0.15) is 28.0 Å². The molecule has 0 unspecified atom stereocenters. The Morgan fingerprint density at radius 1 is 1.04 bits per heavy atom. The number of nitrogens with zero attached hydrogens (tertiary/aromatic N) is 1. The number of benzene rings is 1. The van der Waals surface area contributed by atoms with Crippen LogP contribution in [0.15, 0.2) is 39.4 Å². The molecule has 0 radical (unpaired) electrons. The zero-order chi connectivity index (χ0) is 20.1. The Labute approximate surface area is 174 Å². The molecule has 0 spiro atoms. The first-order chi connectivity index (χ1) is 12.8. The smallest absolute Gasteiger partial charge is 0.320 e. The molecule has 0 saturated carbocycles. The Bertz CT molecular complexity index is 845. The van der Waals surface area contributed by atoms with E-state index in [1.807, 2.05) is 13.0 Å². The van der Waals surface area contributed by atoms with E-state index in [4.69, 9.17) is 9.47 Å². The molecule has 6 nitrogen and oxygen atoms in total. The summed E-state index contributed by atoms with van der Waals surface area (Å²) in [6, 6.07) is 8.92. The van der Waals surface area contributed by atoms with Crippen LogP contribution in [0, 0.1) is 12.8 Å². The van der Waals surface area contributed by atoms with Crippen molar-refractivity contribution in [3.05, 3.63) is 56.2 Å². The van der Waals surface area contributed by atoms with Gasteiger partial charge < -0.3 is 14.0 Å². The number of ether oxygens (including phenoxy) is 2. The topological polar surface area (TPSA) is 74.6 Å². The van der Waals surface area contributed by atoms with Gasteiger partial charge in [0, 0.05) is 12.1 Å². The van der Waals surface area contributed by atoms with Crippen molar-refractivity contribution in [2.24, 2.45) is 5.92 Å². The monoisotopic (exact) mass is 499 g/mol. The Kier molecular flexibility index (Phi) is 7.38. The maximum Gasteiger partial charge on any atom is 0.320 e. The van der Waals surface area contributed by atoms with Crippen LogP contribution in [0.3, 0.4) is 0 Å². The van der Waals surface area contributed by atoms with Gasteiger partial charge in [0.15, 0.2) is 5.92 Å². The number of aromatic nitrogens is 1. The van der Waals surface area contributed by atoms with Gasteiger partial charge in [0.1, 0.15) is 0 Å². The van der Waals surface area contributed by atoms with Gasteiger partial charge in [-0.1, -0.05) is 30.3 Å². The van der Waals surface area contributed by atoms with Crippen molar-refractivity contribution in [3.63, 3.8) is 0 Å². The van der Waals surface area contributed by atoms with Gasteiger partial charge in [-0.05, 0) is 50.8 Å². The number of carbonyl (C=O) groups excluding carboxylic acids is 3. The summed E-state index contributed by atoms with van der Waals surface area (Å²) in [6.07, 6.45) is 0.133. The average molecular weight is 501 g/mol. The van der Waals surface area contributed by atoms with Crippen molar-refractivity contribution in [2.75, 3.05) is 14.2 Å². The van der Waals surface area contributed by atoms with Crippen molar-refractivity contribution >= 4 is 49.6 Å². The second-order valence-corrected chi connectivity index (χ2v) is 7.36. The van der Waals surface area contributed by atoms with Crippen molar-refractivity contribution in [1.82, 2.24) is 4.57 Å². The van der Waals surface area contributed by atoms with E-state index in [2.05, 4.69) is 31.9 Å². The molecular formula is C19H19Br2NO5. The van der Waals surface area contributed by atoms with Crippen LogP contribution in [-0.2, 0) is 25.6 Å². The normalized spacial score (nSPS) is 10.7. The number of hydrogen-bond donors (Lipinski definition) is 0. The Morgan fingerprint density at radius 2 is 1.59 bits per heavy atom. The summed E-state index contributed by atoms with van der Waals surface area (Å²) in [7, 11) is 2.43. The predicted octanol–water partition coefficient (Wildman–Crippen LogP) is 3.90. The van der Waals surface area contributed by atoms with Gasteiger partial charge in [0.2, 0.25) is 5.78 Å². The van der Waals surface area contributed by atoms with Gasteiger partial charge in [-0.25, -0.2) is 0 Å². The van der Waals surface area contributed by atoms with Gasteiger partial charge in [-0.15, -0.1) is 0 Å². The lowest BCUT2D eigenvalue weighted by atomic mass is 10.0. The molecule has 1 heterocycles. The van der Waals surface area contributed by atoms with Crippen LogP contribution >= 0.6 is 31.9 Å². The van der Waals surface area contributed by atoms with Gasteiger partial charge in [-0.3, -0.25) is 14.4 Å². The summed E-state index contributed by atoms with van der Waals surface area (Å²) in [5.41, 5.74) is 1.80. The minimum Gasteiger partial charge on any atom is -0.468 e. The maximum absolute atomic E-state index is 13.0. The highest BCUT2D eigenvalue weighted by molar-refractivity contribution is 9.13. The van der Waals surface area contributed by atoms with E-state index in [0.29, 0.717) is 15.9 Å². The molecule has 0 saturated heterocycles. The second-order valence-electron chi connectivity index (χ2n) is 5.81. The molecule has 0 bridgehead atoms. The highest BCUT2D eigenvalue weighted by atomic mass is 79.9. The lowest BCUT2D eigenvalue weighted by Gasteiger charge is -2.15. The van der Waals surface area contributed by atoms with Gasteiger partial charge in [-0.2, -0.15) is 0 Å². The van der Waals surface area contributed by atoms with Crippen LogP contribution in [0.25, 0.3) is 0 Å². The zero-order valence-electron chi connectivity index (χ0n) is 15.1. The van der Waals surface area contributed by atoms with Gasteiger partial charge in [0.25, 0.3) is 0 Å². The first-order valence-corrected chi connectivity index (χ1v) is 9.71. The fraction of sp³-hybridized carbons (Fsp3) is 0.316. The third-order valence-electron chi connectivity index (χ3n) is 4.24. The second kappa shape index (κ2) is 9.32. The lowest BCUT2D eigenvalue weighted by Crippen LogP contribution is -2.28. The van der Waals surface area contributed by atoms with Crippen LogP contribution in [0.5, 0.6) is 0 Å². The van der Waals surface area contributed by atoms with Gasteiger partial charge in [0.05, 0.1) is 29.0 Å².